The van der Waals surface area contributed by atoms with Crippen molar-refractivity contribution in [1.29, 1.82) is 0 Å². The third-order valence-electron chi connectivity index (χ3n) is 4.14. The Kier molecular flexibility index (Phi) is 4.83. The molecule has 1 heterocycles. The SMILES string of the molecule is CCCNC1CC(C(C)O)CN(CC2CC2)C1. The van der Waals surface area contributed by atoms with E-state index in [0.717, 1.165) is 25.4 Å². The zero-order valence-corrected chi connectivity index (χ0v) is 11.4. The van der Waals surface area contributed by atoms with Crippen LogP contribution in [-0.2, 0) is 0 Å². The van der Waals surface area contributed by atoms with Crippen molar-refractivity contribution in [2.75, 3.05) is 26.2 Å². The van der Waals surface area contributed by atoms with Gasteiger partial charge in [0.1, 0.15) is 0 Å². The molecule has 1 aliphatic heterocycles. The monoisotopic (exact) mass is 240 g/mol. The average Bonchev–Trinajstić information content (AvgIpc) is 3.10. The molecule has 1 aliphatic carbocycles. The number of hydrogen-bond donors (Lipinski definition) is 2. The van der Waals surface area contributed by atoms with Crippen molar-refractivity contribution >= 4 is 0 Å². The molecule has 0 radical (unpaired) electrons. The van der Waals surface area contributed by atoms with Crippen molar-refractivity contribution in [3.05, 3.63) is 0 Å². The molecule has 2 fully saturated rings. The highest BCUT2D eigenvalue weighted by Crippen LogP contribution is 2.31. The Bertz CT molecular complexity index is 228. The van der Waals surface area contributed by atoms with E-state index < -0.39 is 0 Å². The van der Waals surface area contributed by atoms with Crippen LogP contribution in [-0.4, -0.2) is 48.3 Å². The number of rotatable bonds is 6. The third kappa shape index (κ3) is 4.23. The van der Waals surface area contributed by atoms with E-state index in [-0.39, 0.29) is 6.10 Å². The van der Waals surface area contributed by atoms with E-state index in [1.807, 2.05) is 6.92 Å². The second-order valence-electron chi connectivity index (χ2n) is 6.05. The van der Waals surface area contributed by atoms with E-state index in [2.05, 4.69) is 17.1 Å². The second kappa shape index (κ2) is 6.17. The average molecular weight is 240 g/mol. The summed E-state index contributed by atoms with van der Waals surface area (Å²) in [6.45, 7) is 8.80. The number of aliphatic hydroxyl groups excluding tert-OH is 1. The minimum absolute atomic E-state index is 0.164. The molecule has 17 heavy (non-hydrogen) atoms. The Balaban J connectivity index is 1.84. The van der Waals surface area contributed by atoms with Crippen molar-refractivity contribution in [2.45, 2.75) is 51.7 Å². The maximum Gasteiger partial charge on any atom is 0.0553 e. The summed E-state index contributed by atoms with van der Waals surface area (Å²) in [5, 5.41) is 13.5. The molecule has 3 nitrogen and oxygen atoms in total. The summed E-state index contributed by atoms with van der Waals surface area (Å²) in [6.07, 6.45) is 5.01. The molecule has 100 valence electrons. The predicted octanol–water partition coefficient (Wildman–Crippen LogP) is 1.47. The van der Waals surface area contributed by atoms with E-state index in [0.29, 0.717) is 12.0 Å². The normalized spacial score (nSPS) is 32.6. The Morgan fingerprint density at radius 2 is 2.12 bits per heavy atom. The van der Waals surface area contributed by atoms with Gasteiger partial charge in [0.05, 0.1) is 6.10 Å². The van der Waals surface area contributed by atoms with Crippen LogP contribution in [0.1, 0.15) is 39.5 Å². The van der Waals surface area contributed by atoms with Crippen molar-refractivity contribution in [3.8, 4) is 0 Å². The summed E-state index contributed by atoms with van der Waals surface area (Å²) >= 11 is 0. The minimum atomic E-state index is -0.164. The molecule has 2 aliphatic rings. The maximum atomic E-state index is 9.83. The first kappa shape index (κ1) is 13.3. The molecule has 2 N–H and O–H groups in total. The van der Waals surface area contributed by atoms with E-state index in [9.17, 15) is 5.11 Å². The lowest BCUT2D eigenvalue weighted by Crippen LogP contribution is -2.51. The maximum absolute atomic E-state index is 9.83. The molecule has 1 saturated carbocycles. The summed E-state index contributed by atoms with van der Waals surface area (Å²) in [5.74, 6) is 1.41. The van der Waals surface area contributed by atoms with E-state index in [1.165, 1.54) is 32.4 Å². The van der Waals surface area contributed by atoms with Crippen LogP contribution in [0, 0.1) is 11.8 Å². The number of nitrogens with zero attached hydrogens (tertiary/aromatic N) is 1. The van der Waals surface area contributed by atoms with Crippen LogP contribution < -0.4 is 5.32 Å². The number of likely N-dealkylation sites (tertiary alicyclic amines) is 1. The number of hydrogen-bond acceptors (Lipinski definition) is 3. The Morgan fingerprint density at radius 1 is 1.35 bits per heavy atom. The number of nitrogens with one attached hydrogen (secondary N) is 1. The van der Waals surface area contributed by atoms with Gasteiger partial charge in [-0.3, -0.25) is 0 Å². The first-order valence-corrected chi connectivity index (χ1v) is 7.32. The molecule has 0 amide bonds. The molecular formula is C14H28N2O. The van der Waals surface area contributed by atoms with Crippen molar-refractivity contribution in [3.63, 3.8) is 0 Å². The van der Waals surface area contributed by atoms with Gasteiger partial charge in [-0.25, -0.2) is 0 Å². The second-order valence-corrected chi connectivity index (χ2v) is 6.05. The van der Waals surface area contributed by atoms with Crippen LogP contribution in [0.25, 0.3) is 0 Å². The predicted molar refractivity (Wildman–Crippen MR) is 71.0 cm³/mol. The van der Waals surface area contributed by atoms with Crippen LogP contribution in [0.5, 0.6) is 0 Å². The molecule has 0 aromatic rings. The summed E-state index contributed by atoms with van der Waals surface area (Å²) in [5.41, 5.74) is 0. The van der Waals surface area contributed by atoms with Gasteiger partial charge in [-0.15, -0.1) is 0 Å². The molecule has 0 aromatic heterocycles. The van der Waals surface area contributed by atoms with Gasteiger partial charge in [0.25, 0.3) is 0 Å². The molecule has 0 aromatic carbocycles. The molecule has 0 bridgehead atoms. The fraction of sp³-hybridized carbons (Fsp3) is 1.00. The van der Waals surface area contributed by atoms with Gasteiger partial charge in [0.15, 0.2) is 0 Å². The first-order valence-electron chi connectivity index (χ1n) is 7.32. The van der Waals surface area contributed by atoms with Gasteiger partial charge in [-0.2, -0.15) is 0 Å². The minimum Gasteiger partial charge on any atom is -0.393 e. The lowest BCUT2D eigenvalue weighted by atomic mass is 9.90. The van der Waals surface area contributed by atoms with Crippen LogP contribution in [0.3, 0.4) is 0 Å². The Labute approximate surface area is 106 Å². The van der Waals surface area contributed by atoms with Gasteiger partial charge in [-0.05, 0) is 51.0 Å². The van der Waals surface area contributed by atoms with Crippen LogP contribution in [0.15, 0.2) is 0 Å². The van der Waals surface area contributed by atoms with E-state index >= 15 is 0 Å². The zero-order valence-electron chi connectivity index (χ0n) is 11.4. The Hall–Kier alpha value is -0.120. The van der Waals surface area contributed by atoms with Crippen molar-refractivity contribution in [2.24, 2.45) is 11.8 Å². The molecule has 3 heteroatoms. The molecule has 1 saturated heterocycles. The van der Waals surface area contributed by atoms with Crippen LogP contribution >= 0.6 is 0 Å². The summed E-state index contributed by atoms with van der Waals surface area (Å²) in [6, 6.07) is 0.585. The Morgan fingerprint density at radius 3 is 2.71 bits per heavy atom. The quantitative estimate of drug-likeness (QED) is 0.738. The lowest BCUT2D eigenvalue weighted by molar-refractivity contribution is 0.0463. The standard InChI is InChI=1S/C14H28N2O/c1-3-6-15-14-7-13(11(2)17)9-16(10-14)8-12-4-5-12/h11-15,17H,3-10H2,1-2H3. The molecule has 3 atom stereocenters. The molecule has 0 spiro atoms. The highest BCUT2D eigenvalue weighted by atomic mass is 16.3. The molecular weight excluding hydrogens is 212 g/mol. The fourth-order valence-electron chi connectivity index (χ4n) is 2.89. The third-order valence-corrected chi connectivity index (χ3v) is 4.14. The summed E-state index contributed by atoms with van der Waals surface area (Å²) < 4.78 is 0. The summed E-state index contributed by atoms with van der Waals surface area (Å²) in [7, 11) is 0. The largest absolute Gasteiger partial charge is 0.393 e. The van der Waals surface area contributed by atoms with E-state index in [1.54, 1.807) is 0 Å². The smallest absolute Gasteiger partial charge is 0.0553 e. The number of piperidine rings is 1. The van der Waals surface area contributed by atoms with Crippen molar-refractivity contribution < 1.29 is 5.11 Å². The van der Waals surface area contributed by atoms with Gasteiger partial charge < -0.3 is 15.3 Å². The highest BCUT2D eigenvalue weighted by Gasteiger charge is 2.32. The van der Waals surface area contributed by atoms with Gasteiger partial charge in [-0.1, -0.05) is 6.92 Å². The highest BCUT2D eigenvalue weighted by molar-refractivity contribution is 4.88. The lowest BCUT2D eigenvalue weighted by Gasteiger charge is -2.39. The summed E-state index contributed by atoms with van der Waals surface area (Å²) in [4.78, 5) is 2.58. The van der Waals surface area contributed by atoms with Gasteiger partial charge in [0, 0.05) is 25.7 Å². The van der Waals surface area contributed by atoms with Gasteiger partial charge in [0.2, 0.25) is 0 Å². The number of aliphatic hydroxyl groups is 1. The van der Waals surface area contributed by atoms with E-state index in [4.69, 9.17) is 0 Å². The van der Waals surface area contributed by atoms with Gasteiger partial charge >= 0.3 is 0 Å². The first-order chi connectivity index (χ1) is 8.19. The zero-order chi connectivity index (χ0) is 12.3. The fourth-order valence-corrected chi connectivity index (χ4v) is 2.89. The topological polar surface area (TPSA) is 35.5 Å². The van der Waals surface area contributed by atoms with Crippen LogP contribution in [0.4, 0.5) is 0 Å². The van der Waals surface area contributed by atoms with Crippen LogP contribution in [0.2, 0.25) is 0 Å². The van der Waals surface area contributed by atoms with Crippen molar-refractivity contribution in [1.82, 2.24) is 10.2 Å². The molecule has 3 unspecified atom stereocenters. The molecule has 2 rings (SSSR count).